The Morgan fingerprint density at radius 2 is 1.56 bits per heavy atom. The van der Waals surface area contributed by atoms with E-state index in [0.717, 1.165) is 19.3 Å². The highest BCUT2D eigenvalue weighted by Crippen LogP contribution is 2.20. The second-order valence-corrected chi connectivity index (χ2v) is 6.18. The highest BCUT2D eigenvalue weighted by molar-refractivity contribution is 5.98. The van der Waals surface area contributed by atoms with Crippen LogP contribution in [0.4, 0.5) is 4.39 Å². The van der Waals surface area contributed by atoms with Gasteiger partial charge in [0.25, 0.3) is 5.91 Å². The lowest BCUT2D eigenvalue weighted by Crippen LogP contribution is -2.45. The molecule has 1 aliphatic heterocycles. The Kier molecular flexibility index (Phi) is 5.43. The number of carbonyl (C=O) groups is 2. The van der Waals surface area contributed by atoms with E-state index >= 15 is 0 Å². The van der Waals surface area contributed by atoms with Crippen molar-refractivity contribution in [1.82, 2.24) is 10.2 Å². The van der Waals surface area contributed by atoms with Crippen LogP contribution in [-0.2, 0) is 4.79 Å². The third-order valence-electron chi connectivity index (χ3n) is 4.44. The maximum Gasteiger partial charge on any atom is 0.255 e. The Morgan fingerprint density at radius 1 is 0.920 bits per heavy atom. The summed E-state index contributed by atoms with van der Waals surface area (Å²) in [4.78, 5) is 27.3. The molecule has 1 fully saturated rings. The van der Waals surface area contributed by atoms with Crippen LogP contribution >= 0.6 is 0 Å². The van der Waals surface area contributed by atoms with Gasteiger partial charge in [-0.25, -0.2) is 4.39 Å². The lowest BCUT2D eigenvalue weighted by Gasteiger charge is -2.31. The van der Waals surface area contributed by atoms with Crippen LogP contribution in [0.25, 0.3) is 0 Å². The molecule has 1 atom stereocenters. The van der Waals surface area contributed by atoms with Crippen molar-refractivity contribution in [1.29, 1.82) is 0 Å². The van der Waals surface area contributed by atoms with Crippen molar-refractivity contribution in [2.45, 2.75) is 25.3 Å². The first-order valence-corrected chi connectivity index (χ1v) is 8.56. The van der Waals surface area contributed by atoms with Gasteiger partial charge in [0.05, 0.1) is 5.56 Å². The minimum atomic E-state index is -0.814. The van der Waals surface area contributed by atoms with Crippen LogP contribution in [0.1, 0.15) is 41.2 Å². The Balaban J connectivity index is 1.85. The SMILES string of the molecule is O=C(N[C@H](C(=O)N1CCCCC1)c1ccccc1)c1ccccc1F. The number of halogens is 1. The number of hydrogen-bond acceptors (Lipinski definition) is 2. The van der Waals surface area contributed by atoms with E-state index < -0.39 is 17.8 Å². The van der Waals surface area contributed by atoms with Gasteiger partial charge in [-0.1, -0.05) is 42.5 Å². The second kappa shape index (κ2) is 7.92. The van der Waals surface area contributed by atoms with Gasteiger partial charge in [0, 0.05) is 13.1 Å². The summed E-state index contributed by atoms with van der Waals surface area (Å²) in [5.74, 6) is -1.33. The minimum Gasteiger partial charge on any atom is -0.341 e. The van der Waals surface area contributed by atoms with E-state index in [1.54, 1.807) is 23.1 Å². The van der Waals surface area contributed by atoms with Crippen molar-refractivity contribution in [3.8, 4) is 0 Å². The smallest absolute Gasteiger partial charge is 0.255 e. The van der Waals surface area contributed by atoms with E-state index in [9.17, 15) is 14.0 Å². The van der Waals surface area contributed by atoms with Gasteiger partial charge in [-0.15, -0.1) is 0 Å². The summed E-state index contributed by atoms with van der Waals surface area (Å²) >= 11 is 0. The number of amides is 2. The number of hydrogen-bond donors (Lipinski definition) is 1. The van der Waals surface area contributed by atoms with Crippen molar-refractivity contribution in [2.75, 3.05) is 13.1 Å². The maximum atomic E-state index is 13.9. The summed E-state index contributed by atoms with van der Waals surface area (Å²) < 4.78 is 13.9. The standard InChI is InChI=1S/C20H21FN2O2/c21-17-12-6-5-11-16(17)19(24)22-18(15-9-3-1-4-10-15)20(25)23-13-7-2-8-14-23/h1,3-6,9-12,18H,2,7-8,13-14H2,(H,22,24)/t18-/m0/s1. The highest BCUT2D eigenvalue weighted by atomic mass is 19.1. The largest absolute Gasteiger partial charge is 0.341 e. The first kappa shape index (κ1) is 17.1. The lowest BCUT2D eigenvalue weighted by molar-refractivity contribution is -0.134. The molecule has 2 amide bonds. The summed E-state index contributed by atoms with van der Waals surface area (Å²) in [5.41, 5.74) is 0.637. The van der Waals surface area contributed by atoms with E-state index in [-0.39, 0.29) is 11.5 Å². The van der Waals surface area contributed by atoms with Crippen molar-refractivity contribution < 1.29 is 14.0 Å². The number of benzene rings is 2. The number of piperidine rings is 1. The van der Waals surface area contributed by atoms with E-state index in [1.807, 2.05) is 18.2 Å². The minimum absolute atomic E-state index is 0.0603. The molecule has 5 heteroatoms. The average Bonchev–Trinajstić information content (AvgIpc) is 2.67. The molecule has 1 N–H and O–H groups in total. The van der Waals surface area contributed by atoms with Gasteiger partial charge < -0.3 is 10.2 Å². The van der Waals surface area contributed by atoms with Gasteiger partial charge in [0.15, 0.2) is 0 Å². The molecule has 0 bridgehead atoms. The van der Waals surface area contributed by atoms with Gasteiger partial charge in [-0.2, -0.15) is 0 Å². The summed E-state index contributed by atoms with van der Waals surface area (Å²) in [6.45, 7) is 1.38. The second-order valence-electron chi connectivity index (χ2n) is 6.18. The molecular weight excluding hydrogens is 319 g/mol. The molecule has 1 aliphatic rings. The summed E-state index contributed by atoms with van der Waals surface area (Å²) in [7, 11) is 0. The van der Waals surface area contributed by atoms with Crippen molar-refractivity contribution in [3.63, 3.8) is 0 Å². The third-order valence-corrected chi connectivity index (χ3v) is 4.44. The van der Waals surface area contributed by atoms with Gasteiger partial charge in [0.1, 0.15) is 11.9 Å². The quantitative estimate of drug-likeness (QED) is 0.928. The van der Waals surface area contributed by atoms with Gasteiger partial charge in [-0.3, -0.25) is 9.59 Å². The summed E-state index contributed by atoms with van der Waals surface area (Å²) in [6.07, 6.45) is 3.05. The maximum absolute atomic E-state index is 13.9. The molecule has 0 aromatic heterocycles. The first-order chi connectivity index (χ1) is 12.2. The molecule has 130 valence electrons. The fourth-order valence-electron chi connectivity index (χ4n) is 3.08. The zero-order valence-corrected chi connectivity index (χ0v) is 14.0. The topological polar surface area (TPSA) is 49.4 Å². The van der Waals surface area contributed by atoms with Crippen LogP contribution in [-0.4, -0.2) is 29.8 Å². The summed E-state index contributed by atoms with van der Waals surface area (Å²) in [5, 5.41) is 2.72. The van der Waals surface area contributed by atoms with E-state index in [1.165, 1.54) is 18.2 Å². The predicted octanol–water partition coefficient (Wildman–Crippen LogP) is 3.31. The molecular formula is C20H21FN2O2. The average molecular weight is 340 g/mol. The molecule has 0 radical (unpaired) electrons. The number of nitrogens with zero attached hydrogens (tertiary/aromatic N) is 1. The molecule has 0 saturated carbocycles. The molecule has 2 aromatic carbocycles. The number of likely N-dealkylation sites (tertiary alicyclic amines) is 1. The van der Waals surface area contributed by atoms with Crippen LogP contribution in [0.15, 0.2) is 54.6 Å². The highest BCUT2D eigenvalue weighted by Gasteiger charge is 2.29. The predicted molar refractivity (Wildman–Crippen MR) is 93.5 cm³/mol. The molecule has 0 unspecified atom stereocenters. The molecule has 4 nitrogen and oxygen atoms in total. The van der Waals surface area contributed by atoms with E-state index in [4.69, 9.17) is 0 Å². The molecule has 25 heavy (non-hydrogen) atoms. The normalized spacial score (nSPS) is 15.5. The van der Waals surface area contributed by atoms with E-state index in [0.29, 0.717) is 18.7 Å². The molecule has 1 heterocycles. The van der Waals surface area contributed by atoms with Crippen molar-refractivity contribution in [2.24, 2.45) is 0 Å². The fourth-order valence-corrected chi connectivity index (χ4v) is 3.08. The van der Waals surface area contributed by atoms with Crippen LogP contribution in [0, 0.1) is 5.82 Å². The Labute approximate surface area is 146 Å². The first-order valence-electron chi connectivity index (χ1n) is 8.56. The number of carbonyl (C=O) groups excluding carboxylic acids is 2. The van der Waals surface area contributed by atoms with Crippen molar-refractivity contribution in [3.05, 3.63) is 71.5 Å². The monoisotopic (exact) mass is 340 g/mol. The molecule has 0 aliphatic carbocycles. The lowest BCUT2D eigenvalue weighted by atomic mass is 10.0. The van der Waals surface area contributed by atoms with Crippen LogP contribution in [0.5, 0.6) is 0 Å². The molecule has 0 spiro atoms. The molecule has 3 rings (SSSR count). The molecule has 2 aromatic rings. The van der Waals surface area contributed by atoms with Gasteiger partial charge >= 0.3 is 0 Å². The third kappa shape index (κ3) is 4.05. The van der Waals surface area contributed by atoms with Crippen molar-refractivity contribution >= 4 is 11.8 Å². The Hall–Kier alpha value is -2.69. The fraction of sp³-hybridized carbons (Fsp3) is 0.300. The zero-order chi connectivity index (χ0) is 17.6. The van der Waals surface area contributed by atoms with Crippen LogP contribution in [0.3, 0.4) is 0 Å². The Morgan fingerprint density at radius 3 is 2.24 bits per heavy atom. The van der Waals surface area contributed by atoms with Gasteiger partial charge in [0.2, 0.25) is 5.91 Å². The zero-order valence-electron chi connectivity index (χ0n) is 14.0. The van der Waals surface area contributed by atoms with Gasteiger partial charge in [-0.05, 0) is 37.0 Å². The number of nitrogens with one attached hydrogen (secondary N) is 1. The molecule has 1 saturated heterocycles. The van der Waals surface area contributed by atoms with E-state index in [2.05, 4.69) is 5.32 Å². The van der Waals surface area contributed by atoms with Crippen LogP contribution in [0.2, 0.25) is 0 Å². The summed E-state index contributed by atoms with van der Waals surface area (Å²) in [6, 6.07) is 14.1. The van der Waals surface area contributed by atoms with Crippen LogP contribution < -0.4 is 5.32 Å². The number of rotatable bonds is 4. The Bertz CT molecular complexity index is 742.